The lowest BCUT2D eigenvalue weighted by atomic mass is 10.2. The molecule has 0 spiro atoms. The Bertz CT molecular complexity index is 930. The zero-order valence-electron chi connectivity index (χ0n) is 13.4. The van der Waals surface area contributed by atoms with E-state index in [1.165, 1.54) is 18.2 Å². The molecule has 7 heteroatoms. The van der Waals surface area contributed by atoms with Gasteiger partial charge in [0.15, 0.2) is 0 Å². The number of nitro groups is 1. The van der Waals surface area contributed by atoms with Gasteiger partial charge in [-0.15, -0.1) is 0 Å². The zero-order chi connectivity index (χ0) is 17.8. The van der Waals surface area contributed by atoms with E-state index >= 15 is 0 Å². The molecule has 1 heterocycles. The number of hydrogen-bond donors (Lipinski definition) is 1. The van der Waals surface area contributed by atoms with Gasteiger partial charge in [-0.25, -0.2) is 0 Å². The highest BCUT2D eigenvalue weighted by Gasteiger charge is 2.09. The van der Waals surface area contributed by atoms with Crippen LogP contribution in [0, 0.1) is 10.1 Å². The molecule has 2 aromatic carbocycles. The van der Waals surface area contributed by atoms with Gasteiger partial charge in [-0.3, -0.25) is 15.1 Å². The Hall–Kier alpha value is -3.61. The molecule has 126 valence electrons. The molecule has 7 nitrogen and oxygen atoms in total. The van der Waals surface area contributed by atoms with Gasteiger partial charge in [0, 0.05) is 24.0 Å². The van der Waals surface area contributed by atoms with Crippen molar-refractivity contribution in [3.8, 4) is 17.2 Å². The molecule has 3 aromatic rings. The molecule has 0 saturated carbocycles. The van der Waals surface area contributed by atoms with Crippen molar-refractivity contribution in [2.24, 2.45) is 4.99 Å². The molecular formula is C18H15N3O4. The maximum absolute atomic E-state index is 10.8. The van der Waals surface area contributed by atoms with E-state index in [0.717, 1.165) is 17.1 Å². The van der Waals surface area contributed by atoms with Crippen LogP contribution in [-0.2, 0) is 0 Å². The number of ether oxygens (including phenoxy) is 1. The molecular weight excluding hydrogens is 322 g/mol. The topological polar surface area (TPSA) is 89.9 Å². The van der Waals surface area contributed by atoms with Gasteiger partial charge in [-0.05, 0) is 42.5 Å². The van der Waals surface area contributed by atoms with Crippen LogP contribution in [0.1, 0.15) is 5.69 Å². The fraction of sp³-hybridized carbons (Fsp3) is 0.0556. The maximum atomic E-state index is 10.8. The predicted molar refractivity (Wildman–Crippen MR) is 94.3 cm³/mol. The van der Waals surface area contributed by atoms with Crippen LogP contribution < -0.4 is 4.74 Å². The summed E-state index contributed by atoms with van der Waals surface area (Å²) in [6, 6.07) is 14.9. The SMILES string of the molecule is COc1ccc(-n2cccc2C=Nc2cc([N+](=O)[O-])ccc2O)cc1. The van der Waals surface area contributed by atoms with Gasteiger partial charge < -0.3 is 14.4 Å². The minimum absolute atomic E-state index is 0.121. The van der Waals surface area contributed by atoms with Gasteiger partial charge in [0.05, 0.1) is 23.9 Å². The second kappa shape index (κ2) is 6.88. The van der Waals surface area contributed by atoms with E-state index < -0.39 is 4.92 Å². The normalized spacial score (nSPS) is 10.9. The van der Waals surface area contributed by atoms with Crippen molar-refractivity contribution >= 4 is 17.6 Å². The van der Waals surface area contributed by atoms with Crippen molar-refractivity contribution in [3.63, 3.8) is 0 Å². The van der Waals surface area contributed by atoms with E-state index in [9.17, 15) is 15.2 Å². The van der Waals surface area contributed by atoms with Gasteiger partial charge in [-0.2, -0.15) is 0 Å². The first-order valence-electron chi connectivity index (χ1n) is 7.42. The Balaban J connectivity index is 1.92. The summed E-state index contributed by atoms with van der Waals surface area (Å²) < 4.78 is 7.05. The minimum atomic E-state index is -0.529. The van der Waals surface area contributed by atoms with Crippen LogP contribution in [0.4, 0.5) is 11.4 Å². The number of nitro benzene ring substituents is 1. The second-order valence-corrected chi connectivity index (χ2v) is 5.19. The quantitative estimate of drug-likeness (QED) is 0.435. The third-order valence-electron chi connectivity index (χ3n) is 3.64. The number of nitrogens with zero attached hydrogens (tertiary/aromatic N) is 3. The molecule has 0 amide bonds. The number of rotatable bonds is 5. The molecule has 0 radical (unpaired) electrons. The van der Waals surface area contributed by atoms with Crippen LogP contribution in [0.3, 0.4) is 0 Å². The van der Waals surface area contributed by atoms with E-state index in [1.807, 2.05) is 47.2 Å². The third kappa shape index (κ3) is 3.50. The summed E-state index contributed by atoms with van der Waals surface area (Å²) in [4.78, 5) is 14.5. The van der Waals surface area contributed by atoms with Gasteiger partial charge in [-0.1, -0.05) is 0 Å². The number of non-ortho nitro benzene ring substituents is 1. The number of aromatic hydroxyl groups is 1. The number of benzene rings is 2. The number of phenols is 1. The van der Waals surface area contributed by atoms with E-state index in [0.29, 0.717) is 0 Å². The van der Waals surface area contributed by atoms with Crippen LogP contribution in [0.2, 0.25) is 0 Å². The van der Waals surface area contributed by atoms with E-state index in [-0.39, 0.29) is 17.1 Å². The molecule has 0 aliphatic carbocycles. The lowest BCUT2D eigenvalue weighted by molar-refractivity contribution is -0.384. The highest BCUT2D eigenvalue weighted by molar-refractivity contribution is 5.82. The van der Waals surface area contributed by atoms with E-state index in [4.69, 9.17) is 4.74 Å². The fourth-order valence-electron chi connectivity index (χ4n) is 2.34. The van der Waals surface area contributed by atoms with Crippen molar-refractivity contribution in [3.05, 3.63) is 76.6 Å². The molecule has 25 heavy (non-hydrogen) atoms. The van der Waals surface area contributed by atoms with Crippen LogP contribution in [-0.4, -0.2) is 27.9 Å². The molecule has 0 aliphatic heterocycles. The first-order chi connectivity index (χ1) is 12.1. The second-order valence-electron chi connectivity index (χ2n) is 5.19. The molecule has 0 aliphatic rings. The van der Waals surface area contributed by atoms with Crippen molar-refractivity contribution in [2.45, 2.75) is 0 Å². The van der Waals surface area contributed by atoms with Crippen molar-refractivity contribution in [1.82, 2.24) is 4.57 Å². The van der Waals surface area contributed by atoms with Crippen molar-refractivity contribution in [1.29, 1.82) is 0 Å². The molecule has 0 saturated heterocycles. The summed E-state index contributed by atoms with van der Waals surface area (Å²) in [6.07, 6.45) is 3.42. The Morgan fingerprint density at radius 1 is 1.20 bits per heavy atom. The predicted octanol–water partition coefficient (Wildman–Crippen LogP) is 3.85. The highest BCUT2D eigenvalue weighted by atomic mass is 16.6. The standard InChI is InChI=1S/C18H15N3O4/c1-25-16-7-4-13(5-8-16)20-10-2-3-15(20)12-19-17-11-14(21(23)24)6-9-18(17)22/h2-12,22H,1H3. The number of phenolic OH excluding ortho intramolecular Hbond substituents is 1. The first kappa shape index (κ1) is 16.3. The lowest BCUT2D eigenvalue weighted by Gasteiger charge is -2.07. The van der Waals surface area contributed by atoms with Gasteiger partial charge >= 0.3 is 0 Å². The summed E-state index contributed by atoms with van der Waals surface area (Å²) in [6.45, 7) is 0. The van der Waals surface area contributed by atoms with Crippen molar-refractivity contribution in [2.75, 3.05) is 7.11 Å². The largest absolute Gasteiger partial charge is 0.506 e. The Morgan fingerprint density at radius 2 is 1.96 bits per heavy atom. The summed E-state index contributed by atoms with van der Waals surface area (Å²) in [5.74, 6) is 0.636. The molecule has 1 aromatic heterocycles. The molecule has 3 rings (SSSR count). The number of aromatic nitrogens is 1. The van der Waals surface area contributed by atoms with Crippen LogP contribution >= 0.6 is 0 Å². The number of hydrogen-bond acceptors (Lipinski definition) is 5. The molecule has 0 unspecified atom stereocenters. The smallest absolute Gasteiger partial charge is 0.271 e. The summed E-state index contributed by atoms with van der Waals surface area (Å²) in [5.41, 5.74) is 1.68. The lowest BCUT2D eigenvalue weighted by Crippen LogP contribution is -1.97. The minimum Gasteiger partial charge on any atom is -0.506 e. The van der Waals surface area contributed by atoms with Crippen LogP contribution in [0.25, 0.3) is 5.69 Å². The third-order valence-corrected chi connectivity index (χ3v) is 3.64. The van der Waals surface area contributed by atoms with Crippen molar-refractivity contribution < 1.29 is 14.8 Å². The van der Waals surface area contributed by atoms with Gasteiger partial charge in [0.2, 0.25) is 0 Å². The maximum Gasteiger partial charge on any atom is 0.271 e. The first-order valence-corrected chi connectivity index (χ1v) is 7.42. The average molecular weight is 337 g/mol. The molecule has 0 atom stereocenters. The van der Waals surface area contributed by atoms with Gasteiger partial charge in [0.1, 0.15) is 17.2 Å². The van der Waals surface area contributed by atoms with Gasteiger partial charge in [0.25, 0.3) is 5.69 Å². The zero-order valence-corrected chi connectivity index (χ0v) is 13.4. The Morgan fingerprint density at radius 3 is 2.64 bits per heavy atom. The van der Waals surface area contributed by atoms with Crippen LogP contribution in [0.15, 0.2) is 65.8 Å². The summed E-state index contributed by atoms with van der Waals surface area (Å²) in [5, 5.41) is 20.7. The summed E-state index contributed by atoms with van der Waals surface area (Å²) >= 11 is 0. The molecule has 0 fully saturated rings. The van der Waals surface area contributed by atoms with E-state index in [2.05, 4.69) is 4.99 Å². The average Bonchev–Trinajstić information content (AvgIpc) is 3.09. The number of aliphatic imine (C=N–C) groups is 1. The fourth-order valence-corrected chi connectivity index (χ4v) is 2.34. The Kier molecular flexibility index (Phi) is 4.47. The van der Waals surface area contributed by atoms with E-state index in [1.54, 1.807) is 13.3 Å². The molecule has 1 N–H and O–H groups in total. The monoisotopic (exact) mass is 337 g/mol. The Labute approximate surface area is 143 Å². The highest BCUT2D eigenvalue weighted by Crippen LogP contribution is 2.30. The number of methoxy groups -OCH3 is 1. The molecule has 0 bridgehead atoms. The summed E-state index contributed by atoms with van der Waals surface area (Å²) in [7, 11) is 1.61. The van der Waals surface area contributed by atoms with Crippen LogP contribution in [0.5, 0.6) is 11.5 Å².